The number of nitro groups is 1. The van der Waals surface area contributed by atoms with Crippen molar-refractivity contribution < 1.29 is 14.1 Å². The monoisotopic (exact) mass is 303 g/mol. The third kappa shape index (κ3) is 3.78. The molecule has 22 heavy (non-hydrogen) atoms. The molecule has 2 rings (SSSR count). The van der Waals surface area contributed by atoms with Gasteiger partial charge in [0.05, 0.1) is 16.7 Å². The fraction of sp³-hybridized carbons (Fsp3) is 0.133. The lowest BCUT2D eigenvalue weighted by molar-refractivity contribution is -0.385. The van der Waals surface area contributed by atoms with E-state index in [1.807, 2.05) is 6.07 Å². The van der Waals surface area contributed by atoms with Crippen LogP contribution in [0.15, 0.2) is 48.5 Å². The highest BCUT2D eigenvalue weighted by Crippen LogP contribution is 2.21. The Balaban J connectivity index is 2.03. The number of hydrogen-bond acceptors (Lipinski definition) is 4. The molecule has 0 fully saturated rings. The fourth-order valence-electron chi connectivity index (χ4n) is 1.81. The highest BCUT2D eigenvalue weighted by Gasteiger charge is 2.16. The fourth-order valence-corrected chi connectivity index (χ4v) is 1.81. The molecule has 0 saturated heterocycles. The molecule has 7 heteroatoms. The van der Waals surface area contributed by atoms with Crippen LogP contribution in [0.2, 0.25) is 0 Å². The highest BCUT2D eigenvalue weighted by molar-refractivity contribution is 5.96. The Morgan fingerprint density at radius 3 is 2.50 bits per heavy atom. The Bertz CT molecular complexity index is 692. The maximum Gasteiger partial charge on any atom is 0.272 e. The van der Waals surface area contributed by atoms with Gasteiger partial charge >= 0.3 is 0 Å². The predicted molar refractivity (Wildman–Crippen MR) is 81.2 cm³/mol. The van der Waals surface area contributed by atoms with Crippen LogP contribution >= 0.6 is 0 Å². The molecule has 0 aliphatic rings. The van der Waals surface area contributed by atoms with Gasteiger partial charge in [0.15, 0.2) is 5.82 Å². The van der Waals surface area contributed by atoms with Crippen molar-refractivity contribution in [1.29, 1.82) is 0 Å². The molecule has 2 aromatic carbocycles. The molecular formula is C15H14FN3O3. The van der Waals surface area contributed by atoms with Crippen LogP contribution in [0, 0.1) is 15.9 Å². The predicted octanol–water partition coefficient (Wildman–Crippen LogP) is 3.17. The first-order valence-corrected chi connectivity index (χ1v) is 6.54. The van der Waals surface area contributed by atoms with Crippen molar-refractivity contribution in [3.63, 3.8) is 0 Å². The van der Waals surface area contributed by atoms with Gasteiger partial charge in [-0.2, -0.15) is 0 Å². The molecule has 0 aliphatic carbocycles. The van der Waals surface area contributed by atoms with Gasteiger partial charge in [-0.1, -0.05) is 18.2 Å². The molecule has 0 saturated carbocycles. The molecule has 1 amide bonds. The third-order valence-electron chi connectivity index (χ3n) is 2.97. The summed E-state index contributed by atoms with van der Waals surface area (Å²) in [5.74, 6) is -1.13. The molecule has 1 atom stereocenters. The van der Waals surface area contributed by atoms with Crippen molar-refractivity contribution in [2.75, 3.05) is 10.6 Å². The zero-order valence-electron chi connectivity index (χ0n) is 11.7. The van der Waals surface area contributed by atoms with Crippen LogP contribution in [0.5, 0.6) is 0 Å². The number of carbonyl (C=O) groups is 1. The molecule has 114 valence electrons. The topological polar surface area (TPSA) is 84.3 Å². The number of benzene rings is 2. The smallest absolute Gasteiger partial charge is 0.272 e. The third-order valence-corrected chi connectivity index (χ3v) is 2.97. The van der Waals surface area contributed by atoms with Crippen LogP contribution in [0.25, 0.3) is 0 Å². The molecule has 0 spiro atoms. The van der Waals surface area contributed by atoms with Crippen LogP contribution in [0.4, 0.5) is 21.5 Å². The summed E-state index contributed by atoms with van der Waals surface area (Å²) in [5.41, 5.74) is 0.316. The molecule has 1 unspecified atom stereocenters. The number of carbonyl (C=O) groups excluding carboxylic acids is 1. The van der Waals surface area contributed by atoms with E-state index in [0.29, 0.717) is 5.69 Å². The summed E-state index contributed by atoms with van der Waals surface area (Å²) < 4.78 is 13.8. The zero-order valence-corrected chi connectivity index (χ0v) is 11.7. The number of non-ortho nitro benzene ring substituents is 1. The zero-order chi connectivity index (χ0) is 16.1. The summed E-state index contributed by atoms with van der Waals surface area (Å²) in [6, 6.07) is 11.4. The van der Waals surface area contributed by atoms with Gasteiger partial charge in [-0.25, -0.2) is 4.39 Å². The SMILES string of the molecule is CC(Nc1ccc([N+](=O)[O-])cc1F)C(=O)Nc1ccccc1. The molecule has 2 N–H and O–H groups in total. The largest absolute Gasteiger partial charge is 0.372 e. The molecule has 0 aromatic heterocycles. The van der Waals surface area contributed by atoms with E-state index in [-0.39, 0.29) is 17.3 Å². The van der Waals surface area contributed by atoms with Crippen molar-refractivity contribution in [1.82, 2.24) is 0 Å². The number of amides is 1. The first-order chi connectivity index (χ1) is 10.5. The Kier molecular flexibility index (Phi) is 4.67. The van der Waals surface area contributed by atoms with Crippen molar-refractivity contribution in [2.24, 2.45) is 0 Å². The summed E-state index contributed by atoms with van der Waals surface area (Å²) in [6.45, 7) is 1.57. The van der Waals surface area contributed by atoms with Gasteiger partial charge in [0.25, 0.3) is 5.69 Å². The quantitative estimate of drug-likeness (QED) is 0.656. The maximum absolute atomic E-state index is 13.8. The number of nitrogens with one attached hydrogen (secondary N) is 2. The van der Waals surface area contributed by atoms with Crippen LogP contribution in [0.1, 0.15) is 6.92 Å². The molecular weight excluding hydrogens is 289 g/mol. The van der Waals surface area contributed by atoms with Crippen LogP contribution in [-0.4, -0.2) is 16.9 Å². The molecule has 6 nitrogen and oxygen atoms in total. The summed E-state index contributed by atoms with van der Waals surface area (Å²) >= 11 is 0. The second-order valence-corrected chi connectivity index (χ2v) is 4.64. The normalized spacial score (nSPS) is 11.5. The van der Waals surface area contributed by atoms with Crippen LogP contribution < -0.4 is 10.6 Å². The van der Waals surface area contributed by atoms with E-state index >= 15 is 0 Å². The summed E-state index contributed by atoms with van der Waals surface area (Å²) in [6.07, 6.45) is 0. The second kappa shape index (κ2) is 6.66. The first kappa shape index (κ1) is 15.4. The number of rotatable bonds is 5. The average Bonchev–Trinajstić information content (AvgIpc) is 2.50. The lowest BCUT2D eigenvalue weighted by atomic mass is 10.2. The van der Waals surface area contributed by atoms with E-state index in [1.54, 1.807) is 31.2 Å². The minimum atomic E-state index is -0.784. The van der Waals surface area contributed by atoms with E-state index in [0.717, 1.165) is 6.07 Å². The molecule has 0 heterocycles. The summed E-state index contributed by atoms with van der Waals surface area (Å²) in [5, 5.41) is 15.9. The average molecular weight is 303 g/mol. The van der Waals surface area contributed by atoms with Gasteiger partial charge in [0, 0.05) is 11.8 Å². The minimum Gasteiger partial charge on any atom is -0.372 e. The number of nitro benzene ring substituents is 1. The van der Waals surface area contributed by atoms with E-state index in [4.69, 9.17) is 0 Å². The Labute approximate surface area is 126 Å². The molecule has 0 bridgehead atoms. The summed E-state index contributed by atoms with van der Waals surface area (Å²) in [7, 11) is 0. The highest BCUT2D eigenvalue weighted by atomic mass is 19.1. The molecule has 0 aliphatic heterocycles. The van der Waals surface area contributed by atoms with Gasteiger partial charge in [-0.3, -0.25) is 14.9 Å². The van der Waals surface area contributed by atoms with Gasteiger partial charge in [-0.05, 0) is 25.1 Å². The van der Waals surface area contributed by atoms with Crippen molar-refractivity contribution in [3.8, 4) is 0 Å². The lowest BCUT2D eigenvalue weighted by Crippen LogP contribution is -2.32. The van der Waals surface area contributed by atoms with Gasteiger partial charge in [0.1, 0.15) is 6.04 Å². The number of hydrogen-bond donors (Lipinski definition) is 2. The van der Waals surface area contributed by atoms with Gasteiger partial charge in [0.2, 0.25) is 5.91 Å². The maximum atomic E-state index is 13.8. The lowest BCUT2D eigenvalue weighted by Gasteiger charge is -2.15. The first-order valence-electron chi connectivity index (χ1n) is 6.54. The van der Waals surface area contributed by atoms with Gasteiger partial charge in [-0.15, -0.1) is 0 Å². The minimum absolute atomic E-state index is 0.0290. The van der Waals surface area contributed by atoms with Crippen molar-refractivity contribution in [3.05, 3.63) is 64.5 Å². The van der Waals surface area contributed by atoms with Crippen molar-refractivity contribution >= 4 is 23.0 Å². The number of anilines is 2. The second-order valence-electron chi connectivity index (χ2n) is 4.64. The summed E-state index contributed by atoms with van der Waals surface area (Å²) in [4.78, 5) is 21.9. The molecule has 0 radical (unpaired) electrons. The number of nitrogens with zero attached hydrogens (tertiary/aromatic N) is 1. The van der Waals surface area contributed by atoms with E-state index in [2.05, 4.69) is 10.6 Å². The van der Waals surface area contributed by atoms with E-state index in [9.17, 15) is 19.3 Å². The molecule has 2 aromatic rings. The standard InChI is InChI=1S/C15H14FN3O3/c1-10(15(20)18-11-5-3-2-4-6-11)17-14-8-7-12(19(21)22)9-13(14)16/h2-10,17H,1H3,(H,18,20). The van der Waals surface area contributed by atoms with E-state index in [1.165, 1.54) is 12.1 Å². The number of halogens is 1. The van der Waals surface area contributed by atoms with Crippen LogP contribution in [-0.2, 0) is 4.79 Å². The number of para-hydroxylation sites is 1. The Morgan fingerprint density at radius 1 is 1.23 bits per heavy atom. The van der Waals surface area contributed by atoms with Gasteiger partial charge < -0.3 is 10.6 Å². The Morgan fingerprint density at radius 2 is 1.91 bits per heavy atom. The van der Waals surface area contributed by atoms with E-state index < -0.39 is 16.8 Å². The van der Waals surface area contributed by atoms with Crippen LogP contribution in [0.3, 0.4) is 0 Å². The van der Waals surface area contributed by atoms with Crippen molar-refractivity contribution in [2.45, 2.75) is 13.0 Å². The Hall–Kier alpha value is -2.96.